The molecule has 38 heavy (non-hydrogen) atoms. The van der Waals surface area contributed by atoms with Gasteiger partial charge in [0.05, 0.1) is 0 Å². The molecule has 0 fully saturated rings. The van der Waals surface area contributed by atoms with Crippen LogP contribution >= 0.6 is 63.7 Å². The number of hydrogen-bond acceptors (Lipinski definition) is 0. The summed E-state index contributed by atoms with van der Waals surface area (Å²) in [6, 6.07) is 34.4. The Morgan fingerprint density at radius 2 is 0.684 bits per heavy atom. The third kappa shape index (κ3) is 6.35. The van der Waals surface area contributed by atoms with Crippen LogP contribution in [0.25, 0.3) is 22.3 Å². The molecule has 0 aromatic heterocycles. The first-order chi connectivity index (χ1) is 18.4. The van der Waals surface area contributed by atoms with Crippen LogP contribution in [0, 0.1) is 0 Å². The molecule has 4 aromatic carbocycles. The second kappa shape index (κ2) is 12.6. The first-order valence-electron chi connectivity index (χ1n) is 11.9. The van der Waals surface area contributed by atoms with Gasteiger partial charge in [-0.3, -0.25) is 0 Å². The Bertz CT molecular complexity index is 1350. The minimum atomic E-state index is 1.03. The monoisotopic (exact) mass is 792 g/mol. The fourth-order valence-corrected chi connectivity index (χ4v) is 5.75. The Kier molecular flexibility index (Phi) is 9.24. The molecule has 0 nitrogen and oxygen atoms in total. The molecule has 0 N–H and O–H groups in total. The van der Waals surface area contributed by atoms with Crippen LogP contribution < -0.4 is 0 Å². The summed E-state index contributed by atoms with van der Waals surface area (Å²) in [7, 11) is 0. The second-order valence-electron chi connectivity index (χ2n) is 8.74. The van der Waals surface area contributed by atoms with Gasteiger partial charge in [-0.05, 0) is 93.1 Å². The molecule has 2 aliphatic carbocycles. The van der Waals surface area contributed by atoms with Gasteiger partial charge in [-0.25, -0.2) is 0 Å². The molecular formula is C33H21Br4Co. The van der Waals surface area contributed by atoms with E-state index < -0.39 is 0 Å². The van der Waals surface area contributed by atoms with Gasteiger partial charge in [-0.1, -0.05) is 112 Å². The van der Waals surface area contributed by atoms with E-state index in [-0.39, 0.29) is 0 Å². The molecule has 0 aliphatic heterocycles. The van der Waals surface area contributed by atoms with Crippen molar-refractivity contribution in [1.82, 2.24) is 0 Å². The molecule has 0 saturated heterocycles. The summed E-state index contributed by atoms with van der Waals surface area (Å²) in [5.41, 5.74) is 9.96. The SMILES string of the molecule is Brc1ccc(C2=C(c3ccc(Br)cc3)C(c3ccc(Br)cc3)=C2c2ccc(Br)cc2)cc1.[Co][C]1=CC=CC1. The zero-order valence-electron chi connectivity index (χ0n) is 20.0. The Hall–Kier alpha value is -1.73. The van der Waals surface area contributed by atoms with Crippen molar-refractivity contribution in [3.63, 3.8) is 0 Å². The van der Waals surface area contributed by atoms with Gasteiger partial charge in [0.2, 0.25) is 0 Å². The molecule has 0 saturated carbocycles. The van der Waals surface area contributed by atoms with Crippen LogP contribution in [0.5, 0.6) is 0 Å². The predicted octanol–water partition coefficient (Wildman–Crippen LogP) is 11.6. The van der Waals surface area contributed by atoms with E-state index in [1.165, 1.54) is 44.5 Å². The Balaban J connectivity index is 0.000000433. The topological polar surface area (TPSA) is 0 Å². The molecule has 2 aliphatic rings. The van der Waals surface area contributed by atoms with Gasteiger partial charge >= 0.3 is 44.9 Å². The first kappa shape index (κ1) is 27.8. The van der Waals surface area contributed by atoms with Gasteiger partial charge in [-0.15, -0.1) is 0 Å². The van der Waals surface area contributed by atoms with Crippen molar-refractivity contribution in [1.29, 1.82) is 0 Å². The summed E-state index contributed by atoms with van der Waals surface area (Å²) < 4.78 is 5.46. The average Bonchev–Trinajstić information content (AvgIpc) is 3.39. The summed E-state index contributed by atoms with van der Waals surface area (Å²) in [5, 5.41) is 0. The van der Waals surface area contributed by atoms with Gasteiger partial charge < -0.3 is 0 Å². The van der Waals surface area contributed by atoms with E-state index in [2.05, 4.69) is 183 Å². The van der Waals surface area contributed by atoms with E-state index in [9.17, 15) is 0 Å². The molecule has 0 unspecified atom stereocenters. The summed E-state index contributed by atoms with van der Waals surface area (Å²) in [4.78, 5) is 0. The summed E-state index contributed by atoms with van der Waals surface area (Å²) in [6.45, 7) is 0. The molecule has 0 amide bonds. The van der Waals surface area contributed by atoms with E-state index >= 15 is 0 Å². The molecule has 0 radical (unpaired) electrons. The normalized spacial score (nSPS) is 14.2. The van der Waals surface area contributed by atoms with Crippen LogP contribution in [-0.2, 0) is 15.7 Å². The quantitative estimate of drug-likeness (QED) is 0.193. The zero-order valence-corrected chi connectivity index (χ0v) is 27.4. The Morgan fingerprint density at radius 1 is 0.421 bits per heavy atom. The number of rotatable bonds is 4. The number of halogens is 4. The molecule has 6 rings (SSSR count). The number of allylic oxidation sites excluding steroid dienone is 8. The summed E-state index contributed by atoms with van der Waals surface area (Å²) in [6.07, 6.45) is 7.13. The van der Waals surface area contributed by atoms with Crippen molar-refractivity contribution in [2.75, 3.05) is 0 Å². The Labute approximate surface area is 265 Å². The van der Waals surface area contributed by atoms with Gasteiger partial charge in [0.15, 0.2) is 0 Å². The van der Waals surface area contributed by atoms with Gasteiger partial charge in [0.1, 0.15) is 0 Å². The van der Waals surface area contributed by atoms with E-state index in [0.29, 0.717) is 0 Å². The standard InChI is InChI=1S/C28H16Br4.C5H5.Co/c29-21-9-1-17(2-10-21)25-26(18-3-11-22(30)12-4-18)28(20-7-15-24(32)16-8-20)27(25)19-5-13-23(31)14-6-19;1-2-4-5-3-1;/h1-16H;1-3H,4H2;. The molecule has 5 heteroatoms. The van der Waals surface area contributed by atoms with Crippen LogP contribution in [0.4, 0.5) is 0 Å². The maximum absolute atomic E-state index is 4.14. The van der Waals surface area contributed by atoms with E-state index in [1.54, 1.807) is 0 Å². The van der Waals surface area contributed by atoms with Crippen LogP contribution in [-0.4, -0.2) is 0 Å². The predicted molar refractivity (Wildman–Crippen MR) is 172 cm³/mol. The van der Waals surface area contributed by atoms with E-state index in [4.69, 9.17) is 0 Å². The van der Waals surface area contributed by atoms with Crippen molar-refractivity contribution in [2.45, 2.75) is 6.42 Å². The molecule has 0 bridgehead atoms. The second-order valence-corrected chi connectivity index (χ2v) is 13.1. The van der Waals surface area contributed by atoms with Crippen LogP contribution in [0.2, 0.25) is 0 Å². The van der Waals surface area contributed by atoms with Crippen LogP contribution in [0.3, 0.4) is 0 Å². The van der Waals surface area contributed by atoms with Crippen molar-refractivity contribution in [2.24, 2.45) is 0 Å². The Morgan fingerprint density at radius 3 is 0.842 bits per heavy atom. The molecule has 4 aromatic rings. The molecule has 190 valence electrons. The maximum atomic E-state index is 4.14. The average molecular weight is 796 g/mol. The fraction of sp³-hybridized carbons (Fsp3) is 0.0303. The van der Waals surface area contributed by atoms with Crippen molar-refractivity contribution >= 4 is 86.0 Å². The molecule has 0 spiro atoms. The fourth-order valence-electron chi connectivity index (χ4n) is 4.47. The summed E-state index contributed by atoms with van der Waals surface area (Å²) in [5.74, 6) is 0. The number of benzene rings is 4. The molecule has 0 heterocycles. The summed E-state index contributed by atoms with van der Waals surface area (Å²) >= 11 is 18.5. The van der Waals surface area contributed by atoms with Crippen LogP contribution in [0.1, 0.15) is 28.7 Å². The van der Waals surface area contributed by atoms with Crippen molar-refractivity contribution in [3.8, 4) is 0 Å². The molecule has 0 atom stereocenters. The third-order valence-corrected chi connectivity index (χ3v) is 8.74. The first-order valence-corrected chi connectivity index (χ1v) is 15.6. The van der Waals surface area contributed by atoms with Crippen molar-refractivity contribution in [3.05, 3.63) is 160 Å². The van der Waals surface area contributed by atoms with Crippen LogP contribution in [0.15, 0.2) is 138 Å². The molecular weight excluding hydrogens is 775 g/mol. The van der Waals surface area contributed by atoms with Crippen molar-refractivity contribution < 1.29 is 15.7 Å². The van der Waals surface area contributed by atoms with Gasteiger partial charge in [0.25, 0.3) is 0 Å². The zero-order chi connectivity index (χ0) is 26.6. The van der Waals surface area contributed by atoms with Gasteiger partial charge in [-0.2, -0.15) is 0 Å². The van der Waals surface area contributed by atoms with E-state index in [1.807, 2.05) is 12.2 Å². The van der Waals surface area contributed by atoms with Gasteiger partial charge in [0, 0.05) is 17.9 Å². The third-order valence-electron chi connectivity index (χ3n) is 6.24. The van der Waals surface area contributed by atoms with E-state index in [0.717, 1.165) is 28.8 Å². The number of hydrogen-bond donors (Lipinski definition) is 0. The minimum absolute atomic E-state index is 1.03.